The monoisotopic (exact) mass is 264 g/mol. The zero-order valence-corrected chi connectivity index (χ0v) is 10.3. The molecule has 2 aromatic rings. The van der Waals surface area contributed by atoms with Gasteiger partial charge in [-0.05, 0) is 19.1 Å². The van der Waals surface area contributed by atoms with E-state index < -0.39 is 18.3 Å². The number of carbonyl (C=O) groups is 1. The first kappa shape index (κ1) is 13.2. The van der Waals surface area contributed by atoms with Crippen LogP contribution in [-0.4, -0.2) is 32.6 Å². The third-order valence-electron chi connectivity index (χ3n) is 2.45. The zero-order chi connectivity index (χ0) is 13.8. The normalized spacial score (nSPS) is 10.5. The predicted molar refractivity (Wildman–Crippen MR) is 65.2 cm³/mol. The van der Waals surface area contributed by atoms with E-state index in [0.717, 1.165) is 4.80 Å². The number of hydrogen-bond acceptors (Lipinski definition) is 4. The number of para-hydroxylation sites is 1. The van der Waals surface area contributed by atoms with E-state index >= 15 is 0 Å². The van der Waals surface area contributed by atoms with Crippen molar-refractivity contribution < 1.29 is 14.3 Å². The summed E-state index contributed by atoms with van der Waals surface area (Å²) in [6.07, 6.45) is 0. The molecular formula is C12H13FN4O2. The molecule has 6 nitrogen and oxygen atoms in total. The van der Waals surface area contributed by atoms with Crippen molar-refractivity contribution in [1.29, 1.82) is 0 Å². The van der Waals surface area contributed by atoms with Crippen LogP contribution in [0.4, 0.5) is 4.39 Å². The zero-order valence-electron chi connectivity index (χ0n) is 10.3. The van der Waals surface area contributed by atoms with Gasteiger partial charge in [0.05, 0.1) is 6.61 Å². The molecule has 1 heterocycles. The lowest BCUT2D eigenvalue weighted by Crippen LogP contribution is -2.24. The number of halogens is 1. The van der Waals surface area contributed by atoms with Crippen LogP contribution >= 0.6 is 0 Å². The summed E-state index contributed by atoms with van der Waals surface area (Å²) in [5, 5.41) is 19.6. The molecule has 0 atom stereocenters. The Labute approximate surface area is 108 Å². The van der Waals surface area contributed by atoms with Crippen LogP contribution in [0, 0.1) is 5.82 Å². The van der Waals surface area contributed by atoms with Crippen molar-refractivity contribution in [2.24, 2.45) is 0 Å². The van der Waals surface area contributed by atoms with Crippen molar-refractivity contribution in [3.8, 4) is 5.69 Å². The molecule has 0 saturated heterocycles. The minimum atomic E-state index is -0.510. The smallest absolute Gasteiger partial charge is 0.273 e. The first-order chi connectivity index (χ1) is 9.17. The summed E-state index contributed by atoms with van der Waals surface area (Å²) >= 11 is 0. The molecule has 0 unspecified atom stereocenters. The minimum Gasteiger partial charge on any atom is -0.390 e. The fraction of sp³-hybridized carbons (Fsp3) is 0.250. The van der Waals surface area contributed by atoms with Crippen LogP contribution < -0.4 is 5.32 Å². The molecule has 0 bridgehead atoms. The predicted octanol–water partition coefficient (Wildman–Crippen LogP) is 0.648. The second-order valence-electron chi connectivity index (χ2n) is 3.75. The quantitative estimate of drug-likeness (QED) is 0.849. The van der Waals surface area contributed by atoms with Crippen LogP contribution in [-0.2, 0) is 6.61 Å². The molecule has 0 aliphatic carbocycles. The molecule has 1 aromatic carbocycles. The van der Waals surface area contributed by atoms with E-state index in [4.69, 9.17) is 0 Å². The van der Waals surface area contributed by atoms with Crippen LogP contribution in [0.25, 0.3) is 5.69 Å². The maximum atomic E-state index is 13.6. The number of benzene rings is 1. The highest BCUT2D eigenvalue weighted by Crippen LogP contribution is 2.12. The molecule has 0 aliphatic rings. The van der Waals surface area contributed by atoms with E-state index in [-0.39, 0.29) is 17.1 Å². The molecule has 2 N–H and O–H groups in total. The molecule has 0 radical (unpaired) electrons. The van der Waals surface area contributed by atoms with Crippen molar-refractivity contribution in [2.45, 2.75) is 13.5 Å². The number of rotatable bonds is 4. The summed E-state index contributed by atoms with van der Waals surface area (Å²) < 4.78 is 13.6. The van der Waals surface area contributed by atoms with Crippen LogP contribution in [0.3, 0.4) is 0 Å². The Morgan fingerprint density at radius 1 is 1.42 bits per heavy atom. The summed E-state index contributed by atoms with van der Waals surface area (Å²) in [7, 11) is 0. The van der Waals surface area contributed by atoms with Crippen LogP contribution in [0.5, 0.6) is 0 Å². The lowest BCUT2D eigenvalue weighted by atomic mass is 10.3. The van der Waals surface area contributed by atoms with E-state index in [0.29, 0.717) is 6.54 Å². The van der Waals surface area contributed by atoms with E-state index in [9.17, 15) is 14.3 Å². The van der Waals surface area contributed by atoms with Gasteiger partial charge in [0.2, 0.25) is 0 Å². The van der Waals surface area contributed by atoms with Crippen LogP contribution in [0.1, 0.15) is 23.1 Å². The van der Waals surface area contributed by atoms with Gasteiger partial charge < -0.3 is 10.4 Å². The van der Waals surface area contributed by atoms with Gasteiger partial charge in [0.1, 0.15) is 11.4 Å². The van der Waals surface area contributed by atoms with Gasteiger partial charge in [-0.1, -0.05) is 12.1 Å². The van der Waals surface area contributed by atoms with Crippen molar-refractivity contribution in [2.75, 3.05) is 6.54 Å². The first-order valence-electron chi connectivity index (χ1n) is 5.77. The Balaban J connectivity index is 2.44. The molecule has 0 aliphatic heterocycles. The van der Waals surface area contributed by atoms with E-state index in [1.165, 1.54) is 12.1 Å². The molecule has 7 heteroatoms. The lowest BCUT2D eigenvalue weighted by molar-refractivity contribution is 0.0947. The molecule has 0 fully saturated rings. The molecule has 0 saturated carbocycles. The molecule has 100 valence electrons. The summed E-state index contributed by atoms with van der Waals surface area (Å²) in [4.78, 5) is 12.7. The van der Waals surface area contributed by atoms with Crippen molar-refractivity contribution in [3.63, 3.8) is 0 Å². The van der Waals surface area contributed by atoms with Gasteiger partial charge in [0, 0.05) is 6.54 Å². The lowest BCUT2D eigenvalue weighted by Gasteiger charge is -2.00. The third kappa shape index (κ3) is 2.60. The summed E-state index contributed by atoms with van der Waals surface area (Å²) in [5.74, 6) is -0.960. The SMILES string of the molecule is CCNC(=O)c1nn(-c2ccccc2F)nc1CO. The van der Waals surface area contributed by atoms with E-state index in [1.807, 2.05) is 0 Å². The van der Waals surface area contributed by atoms with Gasteiger partial charge >= 0.3 is 0 Å². The second kappa shape index (κ2) is 5.57. The maximum Gasteiger partial charge on any atom is 0.273 e. The number of nitrogens with one attached hydrogen (secondary N) is 1. The Morgan fingerprint density at radius 3 is 2.79 bits per heavy atom. The molecule has 1 aromatic heterocycles. The number of aliphatic hydroxyl groups excluding tert-OH is 1. The summed E-state index contributed by atoms with van der Waals surface area (Å²) in [6, 6.07) is 5.92. The second-order valence-corrected chi connectivity index (χ2v) is 3.75. The van der Waals surface area contributed by atoms with Crippen molar-refractivity contribution in [3.05, 3.63) is 41.5 Å². The average Bonchev–Trinajstić information content (AvgIpc) is 2.83. The Bertz CT molecular complexity index is 597. The molecule has 1 amide bonds. The molecule has 0 spiro atoms. The average molecular weight is 264 g/mol. The van der Waals surface area contributed by atoms with Gasteiger partial charge in [-0.15, -0.1) is 15.0 Å². The maximum absolute atomic E-state index is 13.6. The van der Waals surface area contributed by atoms with Gasteiger partial charge in [-0.3, -0.25) is 4.79 Å². The molecule has 19 heavy (non-hydrogen) atoms. The Kier molecular flexibility index (Phi) is 3.86. The summed E-state index contributed by atoms with van der Waals surface area (Å²) in [5.41, 5.74) is 0.217. The van der Waals surface area contributed by atoms with Crippen LogP contribution in [0.15, 0.2) is 24.3 Å². The fourth-order valence-corrected chi connectivity index (χ4v) is 1.59. The highest BCUT2D eigenvalue weighted by molar-refractivity contribution is 5.93. The largest absolute Gasteiger partial charge is 0.390 e. The molecular weight excluding hydrogens is 251 g/mol. The number of hydrogen-bond donors (Lipinski definition) is 2. The number of aromatic nitrogens is 3. The number of nitrogens with zero attached hydrogens (tertiary/aromatic N) is 3. The van der Waals surface area contributed by atoms with Crippen molar-refractivity contribution >= 4 is 5.91 Å². The number of amides is 1. The summed E-state index contributed by atoms with van der Waals surface area (Å²) in [6.45, 7) is 1.75. The van der Waals surface area contributed by atoms with Gasteiger partial charge in [0.15, 0.2) is 11.5 Å². The van der Waals surface area contributed by atoms with Crippen LogP contribution in [0.2, 0.25) is 0 Å². The fourth-order valence-electron chi connectivity index (χ4n) is 1.59. The van der Waals surface area contributed by atoms with Gasteiger partial charge in [-0.25, -0.2) is 4.39 Å². The van der Waals surface area contributed by atoms with E-state index in [1.54, 1.807) is 19.1 Å². The first-order valence-corrected chi connectivity index (χ1v) is 5.77. The minimum absolute atomic E-state index is 0.00685. The van der Waals surface area contributed by atoms with Gasteiger partial charge in [-0.2, -0.15) is 0 Å². The standard InChI is InChI=1S/C12H13FN4O2/c1-2-14-12(19)11-9(7-18)15-17(16-11)10-6-4-3-5-8(10)13/h3-6,18H,2,7H2,1H3,(H,14,19). The third-order valence-corrected chi connectivity index (χ3v) is 2.45. The number of aliphatic hydroxyl groups is 1. The Hall–Kier alpha value is -2.28. The number of carbonyl (C=O) groups excluding carboxylic acids is 1. The highest BCUT2D eigenvalue weighted by atomic mass is 19.1. The van der Waals surface area contributed by atoms with Crippen molar-refractivity contribution in [1.82, 2.24) is 20.3 Å². The Morgan fingerprint density at radius 2 is 2.16 bits per heavy atom. The highest BCUT2D eigenvalue weighted by Gasteiger charge is 2.19. The molecule has 2 rings (SSSR count). The van der Waals surface area contributed by atoms with Gasteiger partial charge in [0.25, 0.3) is 5.91 Å². The topological polar surface area (TPSA) is 80.0 Å². The van der Waals surface area contributed by atoms with E-state index in [2.05, 4.69) is 15.5 Å².